The van der Waals surface area contributed by atoms with Crippen molar-refractivity contribution >= 4 is 21.6 Å². The van der Waals surface area contributed by atoms with Crippen LogP contribution in [0.5, 0.6) is 0 Å². The highest BCUT2D eigenvalue weighted by molar-refractivity contribution is 7.89. The van der Waals surface area contributed by atoms with Gasteiger partial charge in [0, 0.05) is 18.7 Å². The molecule has 0 unspecified atom stereocenters. The van der Waals surface area contributed by atoms with Crippen LogP contribution < -0.4 is 5.32 Å². The van der Waals surface area contributed by atoms with E-state index in [4.69, 9.17) is 0 Å². The number of aryl methyl sites for hydroxylation is 1. The molecule has 26 heavy (non-hydrogen) atoms. The van der Waals surface area contributed by atoms with Crippen molar-refractivity contribution in [3.8, 4) is 0 Å². The smallest absolute Gasteiger partial charge is 0.243 e. The predicted octanol–water partition coefficient (Wildman–Crippen LogP) is 2.09. The fourth-order valence-electron chi connectivity index (χ4n) is 2.86. The summed E-state index contributed by atoms with van der Waals surface area (Å²) in [7, 11) is -3.58. The number of aromatic nitrogens is 2. The third-order valence-corrected chi connectivity index (χ3v) is 6.50. The monoisotopic (exact) mass is 378 g/mol. The van der Waals surface area contributed by atoms with Gasteiger partial charge in [0.1, 0.15) is 5.69 Å². The molecule has 0 radical (unpaired) electrons. The standard InChI is InChI=1S/C17H22N4O4S/c1-12-6-8-21(9-7-12)26(23,24)15-5-3-4-14(10-15)16(22)11-18-17-13(2)19-25-20-17/h3-5,10,12H,6-9,11H2,1-2H3,(H,18,20). The molecule has 0 spiro atoms. The Morgan fingerprint density at radius 1 is 1.31 bits per heavy atom. The molecule has 1 aromatic heterocycles. The summed E-state index contributed by atoms with van der Waals surface area (Å²) in [6.07, 6.45) is 1.71. The van der Waals surface area contributed by atoms with Crippen LogP contribution >= 0.6 is 0 Å². The van der Waals surface area contributed by atoms with Crippen molar-refractivity contribution in [2.24, 2.45) is 5.92 Å². The minimum absolute atomic E-state index is 0.0280. The molecule has 0 bridgehead atoms. The Morgan fingerprint density at radius 2 is 2.04 bits per heavy atom. The molecule has 1 aromatic carbocycles. The zero-order valence-corrected chi connectivity index (χ0v) is 15.6. The molecule has 0 amide bonds. The van der Waals surface area contributed by atoms with Crippen LogP contribution in [0.25, 0.3) is 0 Å². The molecule has 1 aliphatic rings. The van der Waals surface area contributed by atoms with Gasteiger partial charge in [-0.3, -0.25) is 4.79 Å². The topological polar surface area (TPSA) is 105 Å². The van der Waals surface area contributed by atoms with E-state index in [1.165, 1.54) is 16.4 Å². The van der Waals surface area contributed by atoms with Crippen LogP contribution in [0.2, 0.25) is 0 Å². The molecular formula is C17H22N4O4S. The van der Waals surface area contributed by atoms with Gasteiger partial charge >= 0.3 is 0 Å². The van der Waals surface area contributed by atoms with Gasteiger partial charge in [-0.05, 0) is 43.0 Å². The molecule has 2 aromatic rings. The van der Waals surface area contributed by atoms with Crippen LogP contribution in [-0.4, -0.2) is 48.5 Å². The Morgan fingerprint density at radius 3 is 2.69 bits per heavy atom. The summed E-state index contributed by atoms with van der Waals surface area (Å²) in [6, 6.07) is 6.17. The quantitative estimate of drug-likeness (QED) is 0.767. The molecule has 1 saturated heterocycles. The number of benzene rings is 1. The number of piperidine rings is 1. The van der Waals surface area contributed by atoms with Gasteiger partial charge in [-0.15, -0.1) is 0 Å². The first-order chi connectivity index (χ1) is 12.4. The van der Waals surface area contributed by atoms with E-state index in [0.29, 0.717) is 36.1 Å². The Hall–Kier alpha value is -2.26. The zero-order valence-electron chi connectivity index (χ0n) is 14.8. The molecule has 8 nitrogen and oxygen atoms in total. The lowest BCUT2D eigenvalue weighted by atomic mass is 10.0. The summed E-state index contributed by atoms with van der Waals surface area (Å²) in [5.74, 6) is 0.691. The van der Waals surface area contributed by atoms with Crippen molar-refractivity contribution in [3.05, 3.63) is 35.5 Å². The first-order valence-electron chi connectivity index (χ1n) is 8.54. The van der Waals surface area contributed by atoms with Gasteiger partial charge in [0.05, 0.1) is 11.4 Å². The van der Waals surface area contributed by atoms with Crippen molar-refractivity contribution in [2.45, 2.75) is 31.6 Å². The Kier molecular flexibility index (Phi) is 5.38. The first-order valence-corrected chi connectivity index (χ1v) is 9.98. The highest BCUT2D eigenvalue weighted by Gasteiger charge is 2.28. The normalized spacial score (nSPS) is 16.5. The maximum Gasteiger partial charge on any atom is 0.243 e. The molecule has 0 aliphatic carbocycles. The van der Waals surface area contributed by atoms with Crippen LogP contribution in [0, 0.1) is 12.8 Å². The predicted molar refractivity (Wildman–Crippen MR) is 95.5 cm³/mol. The number of nitrogens with zero attached hydrogens (tertiary/aromatic N) is 3. The number of carbonyl (C=O) groups excluding carboxylic acids is 1. The number of nitrogens with one attached hydrogen (secondary N) is 1. The number of ketones is 1. The van der Waals surface area contributed by atoms with Gasteiger partial charge < -0.3 is 5.32 Å². The minimum atomic E-state index is -3.58. The largest absolute Gasteiger partial charge is 0.358 e. The maximum atomic E-state index is 12.8. The van der Waals surface area contributed by atoms with Crippen LogP contribution in [-0.2, 0) is 10.0 Å². The van der Waals surface area contributed by atoms with E-state index >= 15 is 0 Å². The van der Waals surface area contributed by atoms with Crippen LogP contribution in [0.4, 0.5) is 5.82 Å². The lowest BCUT2D eigenvalue weighted by Gasteiger charge is -2.29. The van der Waals surface area contributed by atoms with Gasteiger partial charge in [0.25, 0.3) is 0 Å². The SMILES string of the molecule is Cc1nonc1NCC(=O)c1cccc(S(=O)(=O)N2CCC(C)CC2)c1. The highest BCUT2D eigenvalue weighted by Crippen LogP contribution is 2.24. The number of hydrogen-bond donors (Lipinski definition) is 1. The van der Waals surface area contributed by atoms with Crippen LogP contribution in [0.15, 0.2) is 33.8 Å². The van der Waals surface area contributed by atoms with Crippen molar-refractivity contribution in [3.63, 3.8) is 0 Å². The summed E-state index contributed by atoms with van der Waals surface area (Å²) >= 11 is 0. The van der Waals surface area contributed by atoms with E-state index in [9.17, 15) is 13.2 Å². The average molecular weight is 378 g/mol. The lowest BCUT2D eigenvalue weighted by molar-refractivity contribution is 0.101. The van der Waals surface area contributed by atoms with Gasteiger partial charge in [-0.25, -0.2) is 13.0 Å². The average Bonchev–Trinajstić information content (AvgIpc) is 3.05. The third kappa shape index (κ3) is 3.94. The first kappa shape index (κ1) is 18.5. The lowest BCUT2D eigenvalue weighted by Crippen LogP contribution is -2.37. The van der Waals surface area contributed by atoms with E-state index < -0.39 is 10.0 Å². The maximum absolute atomic E-state index is 12.8. The fraction of sp³-hybridized carbons (Fsp3) is 0.471. The number of anilines is 1. The van der Waals surface area contributed by atoms with Gasteiger partial charge in [0.2, 0.25) is 10.0 Å². The van der Waals surface area contributed by atoms with E-state index in [-0.39, 0.29) is 17.2 Å². The number of sulfonamides is 1. The second-order valence-corrected chi connectivity index (χ2v) is 8.53. The zero-order chi connectivity index (χ0) is 18.7. The summed E-state index contributed by atoms with van der Waals surface area (Å²) < 4.78 is 31.7. The van der Waals surface area contributed by atoms with Crippen LogP contribution in [0.3, 0.4) is 0 Å². The van der Waals surface area contributed by atoms with Crippen LogP contribution in [0.1, 0.15) is 35.8 Å². The van der Waals surface area contributed by atoms with Gasteiger partial charge in [-0.2, -0.15) is 4.31 Å². The van der Waals surface area contributed by atoms with E-state index in [1.54, 1.807) is 19.1 Å². The summed E-state index contributed by atoms with van der Waals surface area (Å²) in [5, 5.41) is 10.1. The molecule has 9 heteroatoms. The van der Waals surface area contributed by atoms with E-state index in [0.717, 1.165) is 12.8 Å². The molecule has 0 saturated carbocycles. The van der Waals surface area contributed by atoms with Crippen molar-refractivity contribution in [2.75, 3.05) is 25.0 Å². The molecule has 1 fully saturated rings. The number of hydrogen-bond acceptors (Lipinski definition) is 7. The molecule has 3 rings (SSSR count). The fourth-order valence-corrected chi connectivity index (χ4v) is 4.38. The van der Waals surface area contributed by atoms with Gasteiger partial charge in [-0.1, -0.05) is 24.2 Å². The summed E-state index contributed by atoms with van der Waals surface area (Å²) in [6.45, 7) is 4.83. The summed E-state index contributed by atoms with van der Waals surface area (Å²) in [5.41, 5.74) is 0.881. The third-order valence-electron chi connectivity index (χ3n) is 4.61. The Bertz CT molecular complexity index is 886. The number of rotatable bonds is 6. The molecule has 1 N–H and O–H groups in total. The van der Waals surface area contributed by atoms with Gasteiger partial charge in [0.15, 0.2) is 11.6 Å². The molecule has 0 atom stereocenters. The Labute approximate surface area is 152 Å². The van der Waals surface area contributed by atoms with E-state index in [1.807, 2.05) is 0 Å². The second-order valence-electron chi connectivity index (χ2n) is 6.59. The Balaban J connectivity index is 1.73. The number of Topliss-reactive ketones (excluding diaryl/α,β-unsaturated/α-hetero) is 1. The molecule has 2 heterocycles. The molecular weight excluding hydrogens is 356 g/mol. The molecule has 1 aliphatic heterocycles. The van der Waals surface area contributed by atoms with Crippen molar-refractivity contribution < 1.29 is 17.8 Å². The summed E-state index contributed by atoms with van der Waals surface area (Å²) in [4.78, 5) is 12.6. The number of carbonyl (C=O) groups is 1. The minimum Gasteiger partial charge on any atom is -0.358 e. The molecule has 140 valence electrons. The highest BCUT2D eigenvalue weighted by atomic mass is 32.2. The van der Waals surface area contributed by atoms with Crippen molar-refractivity contribution in [1.29, 1.82) is 0 Å². The second kappa shape index (κ2) is 7.55. The van der Waals surface area contributed by atoms with Crippen molar-refractivity contribution in [1.82, 2.24) is 14.6 Å². The van der Waals surface area contributed by atoms with E-state index in [2.05, 4.69) is 27.2 Å².